The summed E-state index contributed by atoms with van der Waals surface area (Å²) >= 11 is 0. The van der Waals surface area contributed by atoms with E-state index in [1.54, 1.807) is 18.2 Å². The highest BCUT2D eigenvalue weighted by molar-refractivity contribution is 6.08. The van der Waals surface area contributed by atoms with Gasteiger partial charge in [-0.15, -0.1) is 0 Å². The second-order valence-corrected chi connectivity index (χ2v) is 6.17. The molecule has 0 saturated heterocycles. The van der Waals surface area contributed by atoms with Crippen LogP contribution in [0.3, 0.4) is 0 Å². The Morgan fingerprint density at radius 2 is 1.70 bits per heavy atom. The second-order valence-electron chi connectivity index (χ2n) is 6.17. The molecule has 0 radical (unpaired) electrons. The lowest BCUT2D eigenvalue weighted by Crippen LogP contribution is -2.23. The third kappa shape index (κ3) is 4.12. The maximum atomic E-state index is 12.6. The lowest BCUT2D eigenvalue weighted by molar-refractivity contribution is 0.100. The van der Waals surface area contributed by atoms with Gasteiger partial charge in [-0.05, 0) is 36.2 Å². The number of nitrogens with zero attached hydrogens (tertiary/aromatic N) is 1. The Morgan fingerprint density at radius 3 is 2.44 bits per heavy atom. The zero-order valence-electron chi connectivity index (χ0n) is 14.8. The summed E-state index contributed by atoms with van der Waals surface area (Å²) in [7, 11) is 0. The summed E-state index contributed by atoms with van der Waals surface area (Å²) in [5.41, 5.74) is 8.05. The Balaban J connectivity index is 1.88. The molecule has 2 aromatic carbocycles. The monoisotopic (exact) mass is 361 g/mol. The van der Waals surface area contributed by atoms with E-state index in [9.17, 15) is 14.4 Å². The van der Waals surface area contributed by atoms with E-state index < -0.39 is 11.8 Å². The number of rotatable bonds is 5. The number of pyridine rings is 1. The van der Waals surface area contributed by atoms with Gasteiger partial charge in [0.1, 0.15) is 0 Å². The van der Waals surface area contributed by atoms with Gasteiger partial charge in [0.15, 0.2) is 0 Å². The summed E-state index contributed by atoms with van der Waals surface area (Å²) in [6, 6.07) is 17.1. The van der Waals surface area contributed by atoms with Gasteiger partial charge in [0.05, 0.1) is 23.4 Å². The van der Waals surface area contributed by atoms with Crippen molar-refractivity contribution in [1.82, 2.24) is 4.57 Å². The Hall–Kier alpha value is -3.67. The zero-order valence-corrected chi connectivity index (χ0v) is 14.8. The molecule has 3 aromatic rings. The molecule has 0 aliphatic heterocycles. The van der Waals surface area contributed by atoms with Crippen LogP contribution in [-0.4, -0.2) is 16.4 Å². The van der Waals surface area contributed by atoms with Gasteiger partial charge in [-0.1, -0.05) is 36.4 Å². The molecule has 3 N–H and O–H groups in total. The lowest BCUT2D eigenvalue weighted by Gasteiger charge is -2.12. The first-order valence-electron chi connectivity index (χ1n) is 8.41. The normalized spacial score (nSPS) is 10.4. The Kier molecular flexibility index (Phi) is 5.17. The summed E-state index contributed by atoms with van der Waals surface area (Å²) in [6.07, 6.45) is 1.51. The minimum Gasteiger partial charge on any atom is -0.366 e. The van der Waals surface area contributed by atoms with Crippen molar-refractivity contribution in [3.63, 3.8) is 0 Å². The Labute approximate surface area is 156 Å². The molecule has 0 spiro atoms. The van der Waals surface area contributed by atoms with E-state index in [4.69, 9.17) is 5.73 Å². The molecule has 27 heavy (non-hydrogen) atoms. The van der Waals surface area contributed by atoms with E-state index in [0.29, 0.717) is 17.8 Å². The SMILES string of the molecule is Cc1ccccc1Cn1cc(C(=O)Nc2ccccc2C(N)=O)ccc1=O. The summed E-state index contributed by atoms with van der Waals surface area (Å²) < 4.78 is 1.48. The number of primary amides is 1. The molecule has 136 valence electrons. The van der Waals surface area contributed by atoms with Gasteiger partial charge >= 0.3 is 0 Å². The second kappa shape index (κ2) is 7.70. The molecule has 0 unspecified atom stereocenters. The van der Waals surface area contributed by atoms with Crippen molar-refractivity contribution in [3.8, 4) is 0 Å². The fourth-order valence-electron chi connectivity index (χ4n) is 2.76. The number of aryl methyl sites for hydroxylation is 1. The van der Waals surface area contributed by atoms with E-state index in [-0.39, 0.29) is 11.1 Å². The first-order valence-corrected chi connectivity index (χ1v) is 8.41. The van der Waals surface area contributed by atoms with Crippen molar-refractivity contribution in [3.05, 3.63) is 99.5 Å². The molecule has 1 aromatic heterocycles. The van der Waals surface area contributed by atoms with Crippen LogP contribution in [0.25, 0.3) is 0 Å². The maximum Gasteiger partial charge on any atom is 0.257 e. The Bertz CT molecular complexity index is 1070. The van der Waals surface area contributed by atoms with E-state index >= 15 is 0 Å². The predicted molar refractivity (Wildman–Crippen MR) is 104 cm³/mol. The molecule has 0 saturated carbocycles. The number of hydrogen-bond acceptors (Lipinski definition) is 3. The summed E-state index contributed by atoms with van der Waals surface area (Å²) in [5.74, 6) is -1.06. The van der Waals surface area contributed by atoms with Crippen LogP contribution in [0.4, 0.5) is 5.69 Å². The quantitative estimate of drug-likeness (QED) is 0.731. The van der Waals surface area contributed by atoms with Crippen molar-refractivity contribution in [2.24, 2.45) is 5.73 Å². The van der Waals surface area contributed by atoms with Gasteiger partial charge in [0.2, 0.25) is 0 Å². The number of amides is 2. The van der Waals surface area contributed by atoms with Crippen LogP contribution >= 0.6 is 0 Å². The van der Waals surface area contributed by atoms with E-state index in [2.05, 4.69) is 5.32 Å². The molecule has 3 rings (SSSR count). The molecule has 0 atom stereocenters. The topological polar surface area (TPSA) is 94.2 Å². The van der Waals surface area contributed by atoms with E-state index in [1.807, 2.05) is 31.2 Å². The standard InChI is InChI=1S/C21H19N3O3/c1-14-6-2-3-7-15(14)12-24-13-16(10-11-19(24)25)21(27)23-18-9-5-4-8-17(18)20(22)26/h2-11,13H,12H2,1H3,(H2,22,26)(H,23,27). The molecule has 2 amide bonds. The number of hydrogen-bond donors (Lipinski definition) is 2. The third-order valence-corrected chi connectivity index (χ3v) is 4.29. The number of carbonyl (C=O) groups excluding carboxylic acids is 2. The van der Waals surface area contributed by atoms with Gasteiger partial charge in [-0.2, -0.15) is 0 Å². The predicted octanol–water partition coefficient (Wildman–Crippen LogP) is 2.56. The van der Waals surface area contributed by atoms with Crippen LogP contribution in [0.15, 0.2) is 71.7 Å². The summed E-state index contributed by atoms with van der Waals surface area (Å²) in [4.78, 5) is 36.3. The maximum absolute atomic E-state index is 12.6. The molecule has 6 nitrogen and oxygen atoms in total. The molecule has 0 aliphatic rings. The highest BCUT2D eigenvalue weighted by Gasteiger charge is 2.13. The average molecular weight is 361 g/mol. The molecule has 1 heterocycles. The fourth-order valence-corrected chi connectivity index (χ4v) is 2.76. The van der Waals surface area contributed by atoms with Crippen molar-refractivity contribution in [1.29, 1.82) is 0 Å². The lowest BCUT2D eigenvalue weighted by atomic mass is 10.1. The summed E-state index contributed by atoms with van der Waals surface area (Å²) in [6.45, 7) is 2.34. The van der Waals surface area contributed by atoms with Crippen LogP contribution in [0.5, 0.6) is 0 Å². The van der Waals surface area contributed by atoms with Gasteiger partial charge in [0.25, 0.3) is 17.4 Å². The number of anilines is 1. The fraction of sp³-hybridized carbons (Fsp3) is 0.0952. The number of nitrogens with one attached hydrogen (secondary N) is 1. The van der Waals surface area contributed by atoms with Gasteiger partial charge in [0, 0.05) is 12.3 Å². The Morgan fingerprint density at radius 1 is 1.00 bits per heavy atom. The number of nitrogens with two attached hydrogens (primary N) is 1. The highest BCUT2D eigenvalue weighted by atomic mass is 16.2. The van der Waals surface area contributed by atoms with Crippen LogP contribution in [-0.2, 0) is 6.54 Å². The minimum atomic E-state index is -0.629. The number of carbonyl (C=O) groups is 2. The largest absolute Gasteiger partial charge is 0.366 e. The van der Waals surface area contributed by atoms with Crippen LogP contribution < -0.4 is 16.6 Å². The van der Waals surface area contributed by atoms with Gasteiger partial charge in [-0.25, -0.2) is 0 Å². The van der Waals surface area contributed by atoms with Crippen molar-refractivity contribution >= 4 is 17.5 Å². The van der Waals surface area contributed by atoms with Crippen molar-refractivity contribution in [2.45, 2.75) is 13.5 Å². The van der Waals surface area contributed by atoms with E-state index in [0.717, 1.165) is 11.1 Å². The number of para-hydroxylation sites is 1. The molecule has 0 bridgehead atoms. The van der Waals surface area contributed by atoms with Crippen molar-refractivity contribution < 1.29 is 9.59 Å². The van der Waals surface area contributed by atoms with E-state index in [1.165, 1.54) is 29.0 Å². The number of aromatic nitrogens is 1. The third-order valence-electron chi connectivity index (χ3n) is 4.29. The molecular weight excluding hydrogens is 342 g/mol. The van der Waals surface area contributed by atoms with Crippen molar-refractivity contribution in [2.75, 3.05) is 5.32 Å². The average Bonchev–Trinajstić information content (AvgIpc) is 2.65. The highest BCUT2D eigenvalue weighted by Crippen LogP contribution is 2.15. The molecule has 6 heteroatoms. The molecule has 0 fully saturated rings. The first-order chi connectivity index (χ1) is 13.0. The minimum absolute atomic E-state index is 0.202. The van der Waals surface area contributed by atoms with Crippen LogP contribution in [0.1, 0.15) is 31.8 Å². The molecule has 0 aliphatic carbocycles. The van der Waals surface area contributed by atoms with Crippen LogP contribution in [0.2, 0.25) is 0 Å². The first kappa shape index (κ1) is 18.1. The zero-order chi connectivity index (χ0) is 19.4. The van der Waals surface area contributed by atoms with Gasteiger partial charge < -0.3 is 15.6 Å². The number of benzene rings is 2. The van der Waals surface area contributed by atoms with Gasteiger partial charge in [-0.3, -0.25) is 14.4 Å². The summed E-state index contributed by atoms with van der Waals surface area (Å²) in [5, 5.41) is 2.67. The smallest absolute Gasteiger partial charge is 0.257 e. The van der Waals surface area contributed by atoms with Crippen LogP contribution in [0, 0.1) is 6.92 Å². The molecular formula is C21H19N3O3.